The van der Waals surface area contributed by atoms with Gasteiger partial charge in [0.1, 0.15) is 5.82 Å². The van der Waals surface area contributed by atoms with Crippen molar-refractivity contribution in [2.24, 2.45) is 0 Å². The summed E-state index contributed by atoms with van der Waals surface area (Å²) in [7, 11) is 0. The molecule has 0 saturated carbocycles. The fraction of sp³-hybridized carbons (Fsp3) is 0.190. The van der Waals surface area contributed by atoms with Crippen LogP contribution >= 0.6 is 27.7 Å². The number of thioether (sulfide) groups is 1. The van der Waals surface area contributed by atoms with E-state index in [2.05, 4.69) is 43.2 Å². The minimum Gasteiger partial charge on any atom is -0.302 e. The molecule has 9 heteroatoms. The monoisotopic (exact) mass is 489 g/mol. The third-order valence-electron chi connectivity index (χ3n) is 4.58. The van der Waals surface area contributed by atoms with E-state index >= 15 is 0 Å². The van der Waals surface area contributed by atoms with Gasteiger partial charge in [-0.2, -0.15) is 8.78 Å². The van der Waals surface area contributed by atoms with E-state index in [1.54, 1.807) is 0 Å². The first-order valence-electron chi connectivity index (χ1n) is 9.27. The van der Waals surface area contributed by atoms with Gasteiger partial charge in [0.15, 0.2) is 11.0 Å². The molecule has 154 valence electrons. The van der Waals surface area contributed by atoms with Crippen LogP contribution in [0, 0.1) is 0 Å². The van der Waals surface area contributed by atoms with Crippen molar-refractivity contribution in [2.45, 2.75) is 30.4 Å². The third-order valence-corrected chi connectivity index (χ3v) is 6.07. The van der Waals surface area contributed by atoms with Crippen molar-refractivity contribution in [3.8, 4) is 11.4 Å². The molecule has 2 aromatic heterocycles. The Kier molecular flexibility index (Phi) is 6.59. The van der Waals surface area contributed by atoms with Crippen LogP contribution in [0.3, 0.4) is 0 Å². The number of imidazole rings is 1. The minimum absolute atomic E-state index is 0.279. The van der Waals surface area contributed by atoms with Gasteiger partial charge < -0.3 is 4.57 Å². The van der Waals surface area contributed by atoms with Crippen molar-refractivity contribution in [3.05, 3.63) is 82.9 Å². The number of aryl methyl sites for hydroxylation is 1. The zero-order chi connectivity index (χ0) is 20.9. The summed E-state index contributed by atoms with van der Waals surface area (Å²) >= 11 is 4.80. The van der Waals surface area contributed by atoms with Crippen molar-refractivity contribution in [3.63, 3.8) is 0 Å². The second-order valence-electron chi connectivity index (χ2n) is 6.52. The van der Waals surface area contributed by atoms with E-state index < -0.39 is 6.55 Å². The smallest absolute Gasteiger partial charge is 0.302 e. The van der Waals surface area contributed by atoms with Crippen molar-refractivity contribution in [2.75, 3.05) is 0 Å². The van der Waals surface area contributed by atoms with Crippen LogP contribution in [0.1, 0.15) is 17.9 Å². The van der Waals surface area contributed by atoms with Gasteiger partial charge in [-0.3, -0.25) is 4.57 Å². The summed E-state index contributed by atoms with van der Waals surface area (Å²) in [4.78, 5) is 4.05. The summed E-state index contributed by atoms with van der Waals surface area (Å²) < 4.78 is 30.1. The zero-order valence-corrected chi connectivity index (χ0v) is 18.2. The molecule has 0 aliphatic heterocycles. The molecule has 2 aromatic carbocycles. The number of benzene rings is 2. The molecule has 0 amide bonds. The van der Waals surface area contributed by atoms with Crippen LogP contribution in [0.15, 0.2) is 76.6 Å². The third kappa shape index (κ3) is 4.79. The molecule has 4 rings (SSSR count). The first kappa shape index (κ1) is 20.7. The molecule has 0 saturated heterocycles. The quantitative estimate of drug-likeness (QED) is 0.292. The predicted molar refractivity (Wildman–Crippen MR) is 116 cm³/mol. The Bertz CT molecular complexity index is 1100. The van der Waals surface area contributed by atoms with Gasteiger partial charge in [-0.25, -0.2) is 4.98 Å². The van der Waals surface area contributed by atoms with E-state index in [-0.39, 0.29) is 5.75 Å². The number of hydrogen-bond donors (Lipinski definition) is 0. The summed E-state index contributed by atoms with van der Waals surface area (Å²) in [6, 6.07) is 18.0. The highest BCUT2D eigenvalue weighted by molar-refractivity contribution is 9.10. The molecule has 0 radical (unpaired) electrons. The molecule has 0 fully saturated rings. The van der Waals surface area contributed by atoms with Crippen LogP contribution in [-0.2, 0) is 18.7 Å². The Hall–Kier alpha value is -2.52. The molecule has 0 spiro atoms. The van der Waals surface area contributed by atoms with Gasteiger partial charge in [0, 0.05) is 29.0 Å². The molecule has 0 unspecified atom stereocenters. The molecular weight excluding hydrogens is 472 g/mol. The number of alkyl halides is 2. The maximum absolute atomic E-state index is 13.1. The van der Waals surface area contributed by atoms with Crippen molar-refractivity contribution < 1.29 is 8.78 Å². The largest absolute Gasteiger partial charge is 0.319 e. The molecule has 2 heterocycles. The Balaban J connectivity index is 1.60. The zero-order valence-electron chi connectivity index (χ0n) is 15.8. The number of aromatic nitrogens is 5. The fourth-order valence-electron chi connectivity index (χ4n) is 3.06. The summed E-state index contributed by atoms with van der Waals surface area (Å²) in [6.07, 6.45) is 3.48. The number of rotatable bonds is 8. The lowest BCUT2D eigenvalue weighted by atomic mass is 10.1. The van der Waals surface area contributed by atoms with Gasteiger partial charge >= 0.3 is 6.55 Å². The summed E-state index contributed by atoms with van der Waals surface area (Å²) in [5.74, 6) is 1.33. The molecule has 0 aliphatic rings. The minimum atomic E-state index is -2.61. The Morgan fingerprint density at radius 1 is 1.00 bits per heavy atom. The summed E-state index contributed by atoms with van der Waals surface area (Å²) in [6.45, 7) is -1.94. The van der Waals surface area contributed by atoms with Crippen LogP contribution in [-0.4, -0.2) is 24.3 Å². The maximum Gasteiger partial charge on any atom is 0.319 e. The molecule has 0 N–H and O–H groups in total. The summed E-state index contributed by atoms with van der Waals surface area (Å²) in [5.41, 5.74) is 2.15. The molecule has 0 atom stereocenters. The highest BCUT2D eigenvalue weighted by atomic mass is 79.9. The van der Waals surface area contributed by atoms with E-state index in [0.29, 0.717) is 17.5 Å². The normalized spacial score (nSPS) is 11.3. The number of nitrogens with zero attached hydrogens (tertiary/aromatic N) is 5. The highest BCUT2D eigenvalue weighted by Crippen LogP contribution is 2.28. The Morgan fingerprint density at radius 3 is 2.50 bits per heavy atom. The van der Waals surface area contributed by atoms with Gasteiger partial charge in [0.2, 0.25) is 0 Å². The second kappa shape index (κ2) is 9.53. The van der Waals surface area contributed by atoms with Gasteiger partial charge in [-0.15, -0.1) is 10.2 Å². The number of hydrogen-bond acceptors (Lipinski definition) is 4. The maximum atomic E-state index is 13.1. The van der Waals surface area contributed by atoms with E-state index in [1.807, 2.05) is 47.0 Å². The summed E-state index contributed by atoms with van der Waals surface area (Å²) in [5, 5.41) is 9.40. The lowest BCUT2D eigenvalue weighted by Gasteiger charge is -2.11. The van der Waals surface area contributed by atoms with E-state index in [0.717, 1.165) is 26.8 Å². The molecular formula is C21H18BrF2N5S. The van der Waals surface area contributed by atoms with Crippen LogP contribution < -0.4 is 0 Å². The van der Waals surface area contributed by atoms with Crippen molar-refractivity contribution in [1.29, 1.82) is 0 Å². The predicted octanol–water partition coefficient (Wildman–Crippen LogP) is 5.83. The van der Waals surface area contributed by atoms with Crippen LogP contribution in [0.4, 0.5) is 8.78 Å². The van der Waals surface area contributed by atoms with E-state index in [9.17, 15) is 8.78 Å². The van der Waals surface area contributed by atoms with Crippen LogP contribution in [0.25, 0.3) is 11.4 Å². The average Bonchev–Trinajstić information content (AvgIpc) is 3.39. The van der Waals surface area contributed by atoms with Gasteiger partial charge in [0.05, 0.1) is 5.75 Å². The molecule has 4 aromatic rings. The number of halogens is 3. The SMILES string of the molecule is FC(F)n1ccnc1CSc1nnc(-c2ccc(Br)cc2)n1CCc1ccccc1. The highest BCUT2D eigenvalue weighted by Gasteiger charge is 2.17. The first-order valence-corrected chi connectivity index (χ1v) is 11.1. The van der Waals surface area contributed by atoms with E-state index in [1.165, 1.54) is 29.7 Å². The van der Waals surface area contributed by atoms with Gasteiger partial charge in [0.25, 0.3) is 0 Å². The van der Waals surface area contributed by atoms with Gasteiger partial charge in [-0.05, 0) is 24.1 Å². The fourth-order valence-corrected chi connectivity index (χ4v) is 4.24. The van der Waals surface area contributed by atoms with Crippen LogP contribution in [0.2, 0.25) is 0 Å². The molecule has 0 aliphatic carbocycles. The van der Waals surface area contributed by atoms with Crippen molar-refractivity contribution >= 4 is 27.7 Å². The standard InChI is InChI=1S/C21H18BrF2N5S/c22-17-8-6-16(7-9-17)19-26-27-21(29(19)12-10-15-4-2-1-3-5-15)30-14-18-25-11-13-28(18)20(23)24/h1-9,11,13,20H,10,12,14H2. The first-order chi connectivity index (χ1) is 14.6. The topological polar surface area (TPSA) is 48.5 Å². The average molecular weight is 490 g/mol. The van der Waals surface area contributed by atoms with Crippen molar-refractivity contribution in [1.82, 2.24) is 24.3 Å². The lowest BCUT2D eigenvalue weighted by molar-refractivity contribution is 0.0678. The molecule has 5 nitrogen and oxygen atoms in total. The van der Waals surface area contributed by atoms with Gasteiger partial charge in [-0.1, -0.05) is 70.2 Å². The second-order valence-corrected chi connectivity index (χ2v) is 8.38. The molecule has 30 heavy (non-hydrogen) atoms. The Morgan fingerprint density at radius 2 is 1.77 bits per heavy atom. The Labute approximate surface area is 185 Å². The van der Waals surface area contributed by atoms with E-state index in [4.69, 9.17) is 0 Å². The van der Waals surface area contributed by atoms with Crippen LogP contribution in [0.5, 0.6) is 0 Å². The molecule has 0 bridgehead atoms. The lowest BCUT2D eigenvalue weighted by Crippen LogP contribution is -2.06.